The van der Waals surface area contributed by atoms with Crippen LogP contribution in [0.2, 0.25) is 0 Å². The Bertz CT molecular complexity index is 1020. The summed E-state index contributed by atoms with van der Waals surface area (Å²) in [5.41, 5.74) is 4.74. The Balaban J connectivity index is 1.15. The minimum absolute atomic E-state index is 0.0142. The Morgan fingerprint density at radius 3 is 2.34 bits per heavy atom. The molecule has 0 heterocycles. The minimum Gasteiger partial charge on any atom is -0.481 e. The van der Waals surface area contributed by atoms with Gasteiger partial charge in [0.2, 0.25) is 5.91 Å². The minimum atomic E-state index is -0.778. The Morgan fingerprint density at radius 1 is 1.03 bits per heavy atom. The quantitative estimate of drug-likeness (QED) is 0.459. The second-order valence-electron chi connectivity index (χ2n) is 9.89. The van der Waals surface area contributed by atoms with Crippen LogP contribution in [0.5, 0.6) is 0 Å². The van der Waals surface area contributed by atoms with E-state index >= 15 is 0 Å². The van der Waals surface area contributed by atoms with Gasteiger partial charge in [-0.1, -0.05) is 55.5 Å². The second-order valence-corrected chi connectivity index (χ2v) is 9.89. The standard InChI is InChI=1S/C28H34N2O5/c1-18(14-26(31)30-20-11-10-19(15-20)16-27(32)33)12-13-29-28(34)35-17-25-23-8-4-2-6-21(23)22-7-3-5-9-24(22)25/h2-9,18-20,25H,10-17H2,1H3,(H,29,34)(H,30,31)(H,32,33)/t18?,19-,20+/m0/s1. The number of carbonyl (C=O) groups is 3. The molecule has 1 fully saturated rings. The van der Waals surface area contributed by atoms with E-state index in [2.05, 4.69) is 34.9 Å². The van der Waals surface area contributed by atoms with Gasteiger partial charge in [-0.15, -0.1) is 0 Å². The number of amides is 2. The van der Waals surface area contributed by atoms with E-state index in [-0.39, 0.29) is 42.7 Å². The summed E-state index contributed by atoms with van der Waals surface area (Å²) in [4.78, 5) is 35.5. The molecule has 7 nitrogen and oxygen atoms in total. The van der Waals surface area contributed by atoms with Crippen LogP contribution >= 0.6 is 0 Å². The van der Waals surface area contributed by atoms with Crippen molar-refractivity contribution in [3.63, 3.8) is 0 Å². The zero-order valence-electron chi connectivity index (χ0n) is 20.2. The molecular weight excluding hydrogens is 444 g/mol. The molecule has 7 heteroatoms. The molecule has 2 amide bonds. The molecule has 0 spiro atoms. The fraction of sp³-hybridized carbons (Fsp3) is 0.464. The number of benzene rings is 2. The van der Waals surface area contributed by atoms with E-state index in [1.165, 1.54) is 22.3 Å². The van der Waals surface area contributed by atoms with E-state index in [9.17, 15) is 14.4 Å². The summed E-state index contributed by atoms with van der Waals surface area (Å²) < 4.78 is 5.56. The number of nitrogens with one attached hydrogen (secondary N) is 2. The van der Waals surface area contributed by atoms with E-state index in [0.717, 1.165) is 19.3 Å². The number of hydrogen-bond acceptors (Lipinski definition) is 4. The van der Waals surface area contributed by atoms with Gasteiger partial charge in [0.15, 0.2) is 0 Å². The molecule has 35 heavy (non-hydrogen) atoms. The van der Waals surface area contributed by atoms with E-state index in [4.69, 9.17) is 9.84 Å². The van der Waals surface area contributed by atoms with Gasteiger partial charge >= 0.3 is 12.1 Å². The van der Waals surface area contributed by atoms with Gasteiger partial charge in [0.25, 0.3) is 0 Å². The van der Waals surface area contributed by atoms with Crippen molar-refractivity contribution >= 4 is 18.0 Å². The summed E-state index contributed by atoms with van der Waals surface area (Å²) in [6.07, 6.45) is 3.19. The molecule has 0 aliphatic heterocycles. The average Bonchev–Trinajstić information content (AvgIpc) is 3.38. The first kappa shape index (κ1) is 24.8. The first-order chi connectivity index (χ1) is 16.9. The van der Waals surface area contributed by atoms with E-state index in [1.807, 2.05) is 31.2 Å². The highest BCUT2D eigenvalue weighted by Gasteiger charge is 2.29. The van der Waals surface area contributed by atoms with Crippen LogP contribution in [-0.2, 0) is 14.3 Å². The van der Waals surface area contributed by atoms with Crippen LogP contribution in [0.25, 0.3) is 11.1 Å². The van der Waals surface area contributed by atoms with Crippen molar-refractivity contribution in [2.45, 2.75) is 57.4 Å². The maximum atomic E-state index is 12.3. The van der Waals surface area contributed by atoms with Gasteiger partial charge in [-0.05, 0) is 59.8 Å². The predicted octanol–water partition coefficient (Wildman–Crippen LogP) is 4.70. The van der Waals surface area contributed by atoms with Gasteiger partial charge in [-0.2, -0.15) is 0 Å². The Hall–Kier alpha value is -3.35. The molecular formula is C28H34N2O5. The summed E-state index contributed by atoms with van der Waals surface area (Å²) in [6, 6.07) is 16.5. The lowest BCUT2D eigenvalue weighted by molar-refractivity contribution is -0.138. The molecule has 2 aliphatic carbocycles. The number of ether oxygens (including phenoxy) is 1. The van der Waals surface area contributed by atoms with Crippen molar-refractivity contribution < 1.29 is 24.2 Å². The predicted molar refractivity (Wildman–Crippen MR) is 133 cm³/mol. The first-order valence-corrected chi connectivity index (χ1v) is 12.5. The van der Waals surface area contributed by atoms with E-state index < -0.39 is 12.1 Å². The summed E-state index contributed by atoms with van der Waals surface area (Å²) in [7, 11) is 0. The number of fused-ring (bicyclic) bond motifs is 3. The molecule has 3 N–H and O–H groups in total. The summed E-state index contributed by atoms with van der Waals surface area (Å²) >= 11 is 0. The largest absolute Gasteiger partial charge is 0.481 e. The maximum Gasteiger partial charge on any atom is 0.407 e. The van der Waals surface area contributed by atoms with Crippen molar-refractivity contribution in [2.24, 2.45) is 11.8 Å². The van der Waals surface area contributed by atoms with Crippen molar-refractivity contribution in [1.82, 2.24) is 10.6 Å². The summed E-state index contributed by atoms with van der Waals surface area (Å²) in [5, 5.41) is 14.8. The molecule has 1 unspecified atom stereocenters. The van der Waals surface area contributed by atoms with Crippen molar-refractivity contribution in [2.75, 3.05) is 13.2 Å². The van der Waals surface area contributed by atoms with Crippen LogP contribution in [0.4, 0.5) is 4.79 Å². The highest BCUT2D eigenvalue weighted by atomic mass is 16.5. The topological polar surface area (TPSA) is 105 Å². The number of alkyl carbamates (subject to hydrolysis) is 1. The van der Waals surface area contributed by atoms with Gasteiger partial charge in [0, 0.05) is 31.3 Å². The molecule has 4 rings (SSSR count). The van der Waals surface area contributed by atoms with E-state index in [1.54, 1.807) is 0 Å². The van der Waals surface area contributed by atoms with E-state index in [0.29, 0.717) is 19.4 Å². The lowest BCUT2D eigenvalue weighted by atomic mass is 9.98. The third kappa shape index (κ3) is 6.41. The van der Waals surface area contributed by atoms with Gasteiger partial charge in [0.1, 0.15) is 6.61 Å². The molecule has 0 aromatic heterocycles. The first-order valence-electron chi connectivity index (χ1n) is 12.5. The molecule has 1 saturated carbocycles. The number of carboxylic acid groups (broad SMARTS) is 1. The molecule has 0 bridgehead atoms. The second kappa shape index (κ2) is 11.4. The van der Waals surface area contributed by atoms with Crippen molar-refractivity contribution in [1.29, 1.82) is 0 Å². The summed E-state index contributed by atoms with van der Waals surface area (Å²) in [5.74, 6) is -0.502. The van der Waals surface area contributed by atoms with Crippen LogP contribution in [-0.4, -0.2) is 42.3 Å². The Kier molecular flexibility index (Phi) is 8.06. The lowest BCUT2D eigenvalue weighted by Crippen LogP contribution is -2.34. The maximum absolute atomic E-state index is 12.3. The third-order valence-electron chi connectivity index (χ3n) is 7.15. The van der Waals surface area contributed by atoms with Crippen LogP contribution in [0.3, 0.4) is 0 Å². The normalized spacial score (nSPS) is 19.5. The average molecular weight is 479 g/mol. The smallest absolute Gasteiger partial charge is 0.407 e. The molecule has 0 radical (unpaired) electrons. The Labute approximate surface area is 206 Å². The van der Waals surface area contributed by atoms with Crippen LogP contribution in [0.1, 0.15) is 62.5 Å². The molecule has 2 aromatic carbocycles. The molecule has 0 saturated heterocycles. The molecule has 3 atom stereocenters. The highest BCUT2D eigenvalue weighted by molar-refractivity contribution is 5.79. The SMILES string of the molecule is CC(CCNC(=O)OCC1c2ccccc2-c2ccccc21)CC(=O)N[C@@H]1CC[C@H](CC(=O)O)C1. The van der Waals surface area contributed by atoms with Gasteiger partial charge < -0.3 is 20.5 Å². The fourth-order valence-corrected chi connectivity index (χ4v) is 5.41. The van der Waals surface area contributed by atoms with Crippen LogP contribution in [0.15, 0.2) is 48.5 Å². The van der Waals surface area contributed by atoms with Crippen LogP contribution < -0.4 is 10.6 Å². The number of rotatable bonds is 10. The summed E-state index contributed by atoms with van der Waals surface area (Å²) in [6.45, 7) is 2.71. The molecule has 186 valence electrons. The zero-order valence-corrected chi connectivity index (χ0v) is 20.2. The highest BCUT2D eigenvalue weighted by Crippen LogP contribution is 2.44. The van der Waals surface area contributed by atoms with Crippen molar-refractivity contribution in [3.8, 4) is 11.1 Å². The lowest BCUT2D eigenvalue weighted by Gasteiger charge is -2.17. The number of hydrogen-bond donors (Lipinski definition) is 3. The van der Waals surface area contributed by atoms with Crippen molar-refractivity contribution in [3.05, 3.63) is 59.7 Å². The van der Waals surface area contributed by atoms with Gasteiger partial charge in [-0.3, -0.25) is 9.59 Å². The van der Waals surface area contributed by atoms with Gasteiger partial charge in [-0.25, -0.2) is 4.79 Å². The Morgan fingerprint density at radius 2 is 1.69 bits per heavy atom. The number of carboxylic acids is 1. The van der Waals surface area contributed by atoms with Gasteiger partial charge in [0.05, 0.1) is 0 Å². The zero-order chi connectivity index (χ0) is 24.8. The third-order valence-corrected chi connectivity index (χ3v) is 7.15. The molecule has 2 aromatic rings. The van der Waals surface area contributed by atoms with Crippen LogP contribution in [0, 0.1) is 11.8 Å². The number of aliphatic carboxylic acids is 1. The monoisotopic (exact) mass is 478 g/mol. The molecule has 2 aliphatic rings. The fourth-order valence-electron chi connectivity index (χ4n) is 5.41. The number of carbonyl (C=O) groups excluding carboxylic acids is 2.